The van der Waals surface area contributed by atoms with Gasteiger partial charge < -0.3 is 5.11 Å². The topological polar surface area (TPSA) is 37.3 Å². The molecule has 90 valence electrons. The molecule has 4 saturated carbocycles. The molecule has 1 N–H and O–H groups in total. The summed E-state index contributed by atoms with van der Waals surface area (Å²) in [7, 11) is 0. The Morgan fingerprint density at radius 2 is 1.69 bits per heavy atom. The SMILES string of the molecule is O=C(O)CC12CC3CC(Br)(CC(Br)(C3)C1)C2. The van der Waals surface area contributed by atoms with E-state index in [1.54, 1.807) is 0 Å². The Labute approximate surface area is 112 Å². The fourth-order valence-corrected chi connectivity index (χ4v) is 8.47. The van der Waals surface area contributed by atoms with Gasteiger partial charge in [0.1, 0.15) is 0 Å². The van der Waals surface area contributed by atoms with E-state index in [4.69, 9.17) is 5.11 Å². The van der Waals surface area contributed by atoms with Crippen molar-refractivity contribution in [3.05, 3.63) is 0 Å². The van der Waals surface area contributed by atoms with Crippen LogP contribution in [0, 0.1) is 11.3 Å². The van der Waals surface area contributed by atoms with Crippen LogP contribution in [0.25, 0.3) is 0 Å². The van der Waals surface area contributed by atoms with Crippen LogP contribution in [-0.2, 0) is 4.79 Å². The highest BCUT2D eigenvalue weighted by Gasteiger charge is 2.62. The lowest BCUT2D eigenvalue weighted by atomic mass is 9.48. The smallest absolute Gasteiger partial charge is 0.303 e. The molecule has 0 aromatic heterocycles. The Bertz CT molecular complexity index is 337. The minimum absolute atomic E-state index is 0.0538. The first-order valence-electron chi connectivity index (χ1n) is 5.92. The number of rotatable bonds is 2. The van der Waals surface area contributed by atoms with Crippen molar-refractivity contribution in [1.82, 2.24) is 0 Å². The maximum atomic E-state index is 11.1. The quantitative estimate of drug-likeness (QED) is 0.770. The zero-order valence-corrected chi connectivity index (χ0v) is 12.3. The van der Waals surface area contributed by atoms with Gasteiger partial charge in [0.25, 0.3) is 0 Å². The van der Waals surface area contributed by atoms with Crippen LogP contribution < -0.4 is 0 Å². The van der Waals surface area contributed by atoms with Crippen LogP contribution in [-0.4, -0.2) is 19.7 Å². The van der Waals surface area contributed by atoms with Crippen molar-refractivity contribution in [2.45, 2.75) is 53.6 Å². The zero-order valence-electron chi connectivity index (χ0n) is 9.14. The number of halogens is 2. The maximum absolute atomic E-state index is 11.1. The van der Waals surface area contributed by atoms with Crippen molar-refractivity contribution in [1.29, 1.82) is 0 Å². The van der Waals surface area contributed by atoms with Gasteiger partial charge in [-0.05, 0) is 49.9 Å². The van der Waals surface area contributed by atoms with Crippen LogP contribution in [0.2, 0.25) is 0 Å². The van der Waals surface area contributed by atoms with Gasteiger partial charge in [0.05, 0.1) is 6.42 Å². The van der Waals surface area contributed by atoms with Gasteiger partial charge in [-0.1, -0.05) is 31.9 Å². The van der Waals surface area contributed by atoms with E-state index in [-0.39, 0.29) is 14.1 Å². The van der Waals surface area contributed by atoms with Gasteiger partial charge in [-0.3, -0.25) is 4.79 Å². The van der Waals surface area contributed by atoms with Crippen LogP contribution in [0.5, 0.6) is 0 Å². The zero-order chi connectivity index (χ0) is 11.6. The van der Waals surface area contributed by atoms with E-state index in [0.29, 0.717) is 12.3 Å². The summed E-state index contributed by atoms with van der Waals surface area (Å²) in [6, 6.07) is 0. The fraction of sp³-hybridized carbons (Fsp3) is 0.917. The van der Waals surface area contributed by atoms with Crippen molar-refractivity contribution < 1.29 is 9.90 Å². The minimum Gasteiger partial charge on any atom is -0.481 e. The summed E-state index contributed by atoms with van der Waals surface area (Å²) in [4.78, 5) is 11.1. The molecule has 2 nitrogen and oxygen atoms in total. The lowest BCUT2D eigenvalue weighted by Gasteiger charge is -2.63. The number of hydrogen-bond acceptors (Lipinski definition) is 1. The standard InChI is InChI=1S/C12H16Br2O2/c13-11-2-8-1-10(5-11,4-9(15)16)6-12(14,3-8)7-11/h8H,1-7H2,(H,15,16). The number of hydrogen-bond donors (Lipinski definition) is 1. The second-order valence-corrected chi connectivity index (χ2v) is 9.75. The summed E-state index contributed by atoms with van der Waals surface area (Å²) in [5.74, 6) is 0.0866. The average molecular weight is 352 g/mol. The highest BCUT2D eigenvalue weighted by molar-refractivity contribution is 9.10. The number of carboxylic acid groups (broad SMARTS) is 1. The van der Waals surface area contributed by atoms with Gasteiger partial charge in [-0.15, -0.1) is 0 Å². The van der Waals surface area contributed by atoms with Gasteiger partial charge in [0.15, 0.2) is 0 Å². The van der Waals surface area contributed by atoms with E-state index in [1.165, 1.54) is 12.8 Å². The van der Waals surface area contributed by atoms with E-state index in [2.05, 4.69) is 31.9 Å². The molecule has 0 saturated heterocycles. The molecule has 0 aromatic carbocycles. The van der Waals surface area contributed by atoms with Crippen molar-refractivity contribution in [2.75, 3.05) is 0 Å². The summed E-state index contributed by atoms with van der Waals surface area (Å²) in [5, 5.41) is 9.11. The molecule has 0 spiro atoms. The third-order valence-electron chi connectivity index (χ3n) is 4.57. The molecule has 0 amide bonds. The normalized spacial score (nSPS) is 54.2. The first kappa shape index (κ1) is 11.5. The monoisotopic (exact) mass is 350 g/mol. The first-order chi connectivity index (χ1) is 7.32. The van der Waals surface area contributed by atoms with E-state index < -0.39 is 5.97 Å². The number of aliphatic carboxylic acids is 1. The van der Waals surface area contributed by atoms with Gasteiger partial charge in [-0.2, -0.15) is 0 Å². The maximum Gasteiger partial charge on any atom is 0.303 e. The lowest BCUT2D eigenvalue weighted by molar-refractivity contribution is -0.143. The summed E-state index contributed by atoms with van der Waals surface area (Å²) in [5.41, 5.74) is 0.0538. The molecule has 4 aliphatic carbocycles. The molecule has 0 aliphatic heterocycles. The van der Waals surface area contributed by atoms with Crippen LogP contribution in [0.15, 0.2) is 0 Å². The van der Waals surface area contributed by atoms with Gasteiger partial charge in [0, 0.05) is 8.65 Å². The molecule has 0 radical (unpaired) electrons. The lowest BCUT2D eigenvalue weighted by Crippen LogP contribution is -2.59. The Morgan fingerprint density at radius 3 is 2.12 bits per heavy atom. The molecule has 0 aromatic rings. The summed E-state index contributed by atoms with van der Waals surface area (Å²) in [6.45, 7) is 0. The molecule has 4 fully saturated rings. The second-order valence-electron chi connectivity index (χ2n) is 6.38. The van der Waals surface area contributed by atoms with Gasteiger partial charge in [-0.25, -0.2) is 0 Å². The minimum atomic E-state index is -0.630. The highest BCUT2D eigenvalue weighted by Crippen LogP contribution is 2.69. The van der Waals surface area contributed by atoms with Crippen molar-refractivity contribution >= 4 is 37.8 Å². The van der Waals surface area contributed by atoms with E-state index in [1.807, 2.05) is 0 Å². The highest BCUT2D eigenvalue weighted by atomic mass is 79.9. The number of alkyl halides is 2. The van der Waals surface area contributed by atoms with Crippen LogP contribution >= 0.6 is 31.9 Å². The molecule has 2 unspecified atom stereocenters. The number of carboxylic acids is 1. The Morgan fingerprint density at radius 1 is 1.12 bits per heavy atom. The summed E-state index contributed by atoms with van der Waals surface area (Å²) < 4.78 is 0.427. The third kappa shape index (κ3) is 1.76. The van der Waals surface area contributed by atoms with Crippen molar-refractivity contribution in [3.8, 4) is 0 Å². The van der Waals surface area contributed by atoms with Crippen molar-refractivity contribution in [3.63, 3.8) is 0 Å². The molecule has 16 heavy (non-hydrogen) atoms. The molecule has 4 heteroatoms. The molecule has 4 aliphatic rings. The molecule has 0 heterocycles. The Kier molecular flexibility index (Phi) is 2.34. The average Bonchev–Trinajstić information content (AvgIpc) is 1.91. The first-order valence-corrected chi connectivity index (χ1v) is 7.51. The van der Waals surface area contributed by atoms with Gasteiger partial charge >= 0.3 is 5.97 Å². The molecule has 2 atom stereocenters. The molecule has 4 rings (SSSR count). The molecular formula is C12H16Br2O2. The fourth-order valence-electron chi connectivity index (χ4n) is 4.91. The second kappa shape index (κ2) is 3.25. The van der Waals surface area contributed by atoms with Crippen LogP contribution in [0.1, 0.15) is 44.9 Å². The Hall–Kier alpha value is 0.430. The third-order valence-corrected chi connectivity index (χ3v) is 6.34. The van der Waals surface area contributed by atoms with E-state index >= 15 is 0 Å². The summed E-state index contributed by atoms with van der Waals surface area (Å²) in [6.07, 6.45) is 7.22. The molecule has 4 bridgehead atoms. The predicted octanol–water partition coefficient (Wildman–Crippen LogP) is 3.71. The summed E-state index contributed by atoms with van der Waals surface area (Å²) >= 11 is 7.79. The Balaban J connectivity index is 1.95. The van der Waals surface area contributed by atoms with Crippen LogP contribution in [0.4, 0.5) is 0 Å². The number of carbonyl (C=O) groups is 1. The molecular weight excluding hydrogens is 336 g/mol. The van der Waals surface area contributed by atoms with E-state index in [0.717, 1.165) is 25.7 Å². The van der Waals surface area contributed by atoms with E-state index in [9.17, 15) is 4.79 Å². The van der Waals surface area contributed by atoms with Crippen LogP contribution in [0.3, 0.4) is 0 Å². The predicted molar refractivity (Wildman–Crippen MR) is 69.2 cm³/mol. The van der Waals surface area contributed by atoms with Crippen molar-refractivity contribution in [2.24, 2.45) is 11.3 Å². The van der Waals surface area contributed by atoms with Gasteiger partial charge in [0.2, 0.25) is 0 Å². The largest absolute Gasteiger partial charge is 0.481 e.